The molecule has 2 heteroatoms. The summed E-state index contributed by atoms with van der Waals surface area (Å²) in [4.78, 5) is 0. The van der Waals surface area contributed by atoms with Crippen LogP contribution in [0.3, 0.4) is 0 Å². The minimum absolute atomic E-state index is 0.248. The van der Waals surface area contributed by atoms with Crippen molar-refractivity contribution in [2.24, 2.45) is 0 Å². The zero-order chi connectivity index (χ0) is 14.4. The third-order valence-electron chi connectivity index (χ3n) is 4.52. The molecule has 0 radical (unpaired) electrons. The molecule has 0 aliphatic rings. The first kappa shape index (κ1) is 19.0. The van der Waals surface area contributed by atoms with Gasteiger partial charge in [0, 0.05) is 0 Å². The molecule has 0 aromatic rings. The van der Waals surface area contributed by atoms with Crippen molar-refractivity contribution >= 4 is 7.48 Å². The summed E-state index contributed by atoms with van der Waals surface area (Å²) < 4.78 is 0. The van der Waals surface area contributed by atoms with E-state index in [1.807, 2.05) is 0 Å². The third-order valence-corrected chi connectivity index (χ3v) is 4.52. The summed E-state index contributed by atoms with van der Waals surface area (Å²) in [6.07, 6.45) is 16.9. The summed E-state index contributed by atoms with van der Waals surface area (Å²) in [5.41, 5.74) is 0. The first-order valence-electron chi connectivity index (χ1n) is 8.85. The van der Waals surface area contributed by atoms with E-state index >= 15 is 0 Å². The SMILES string of the molecule is CCCCCCC(BO)(CCCCC)CCCCC. The van der Waals surface area contributed by atoms with E-state index in [1.54, 1.807) is 0 Å². The molecule has 0 fully saturated rings. The molecule has 0 heterocycles. The Morgan fingerprint density at radius 1 is 0.632 bits per heavy atom. The Morgan fingerprint density at radius 2 is 1.00 bits per heavy atom. The van der Waals surface area contributed by atoms with Gasteiger partial charge in [-0.15, -0.1) is 0 Å². The van der Waals surface area contributed by atoms with Crippen LogP contribution in [0, 0.1) is 0 Å². The maximum atomic E-state index is 9.93. The Morgan fingerprint density at radius 3 is 1.37 bits per heavy atom. The summed E-state index contributed by atoms with van der Waals surface area (Å²) in [5, 5.41) is 10.2. The lowest BCUT2D eigenvalue weighted by Crippen LogP contribution is -2.21. The largest absolute Gasteiger partial charge is 0.453 e. The van der Waals surface area contributed by atoms with Gasteiger partial charge in [0.15, 0.2) is 0 Å². The Bertz CT molecular complexity index is 172. The molecule has 0 unspecified atom stereocenters. The number of unbranched alkanes of at least 4 members (excludes halogenated alkanes) is 7. The number of rotatable bonds is 14. The average Bonchev–Trinajstić information content (AvgIpc) is 2.43. The second-order valence-corrected chi connectivity index (χ2v) is 6.38. The molecule has 0 aromatic carbocycles. The van der Waals surface area contributed by atoms with Gasteiger partial charge in [0.1, 0.15) is 0 Å². The van der Waals surface area contributed by atoms with Crippen molar-refractivity contribution in [1.82, 2.24) is 0 Å². The van der Waals surface area contributed by atoms with Crippen LogP contribution in [0.15, 0.2) is 0 Å². The van der Waals surface area contributed by atoms with E-state index < -0.39 is 0 Å². The lowest BCUT2D eigenvalue weighted by molar-refractivity contribution is 0.357. The zero-order valence-electron chi connectivity index (χ0n) is 13.8. The van der Waals surface area contributed by atoms with Crippen molar-refractivity contribution in [3.05, 3.63) is 0 Å². The molecule has 0 atom stereocenters. The van der Waals surface area contributed by atoms with E-state index in [-0.39, 0.29) is 5.31 Å². The molecule has 0 bridgehead atoms. The monoisotopic (exact) mass is 268 g/mol. The summed E-state index contributed by atoms with van der Waals surface area (Å²) >= 11 is 0. The van der Waals surface area contributed by atoms with Gasteiger partial charge in [-0.2, -0.15) is 0 Å². The van der Waals surface area contributed by atoms with E-state index in [9.17, 15) is 5.02 Å². The van der Waals surface area contributed by atoms with E-state index in [2.05, 4.69) is 20.8 Å². The topological polar surface area (TPSA) is 20.2 Å². The molecule has 114 valence electrons. The fourth-order valence-electron chi connectivity index (χ4n) is 3.04. The van der Waals surface area contributed by atoms with E-state index in [1.165, 1.54) is 83.5 Å². The van der Waals surface area contributed by atoms with Gasteiger partial charge in [-0.25, -0.2) is 0 Å². The molecule has 0 saturated carbocycles. The van der Waals surface area contributed by atoms with Crippen LogP contribution in [0.4, 0.5) is 0 Å². The zero-order valence-corrected chi connectivity index (χ0v) is 13.8. The molecule has 0 amide bonds. The molecule has 1 N–H and O–H groups in total. The smallest absolute Gasteiger partial charge is 0.277 e. The van der Waals surface area contributed by atoms with Gasteiger partial charge in [-0.3, -0.25) is 0 Å². The van der Waals surface area contributed by atoms with Crippen LogP contribution in [0.2, 0.25) is 5.31 Å². The van der Waals surface area contributed by atoms with Crippen LogP contribution in [-0.4, -0.2) is 12.5 Å². The average molecular weight is 268 g/mol. The molecule has 1 nitrogen and oxygen atoms in total. The van der Waals surface area contributed by atoms with Crippen LogP contribution in [0.25, 0.3) is 0 Å². The number of hydrogen-bond donors (Lipinski definition) is 1. The van der Waals surface area contributed by atoms with E-state index in [0.717, 1.165) is 0 Å². The Hall–Kier alpha value is 0.0249. The van der Waals surface area contributed by atoms with Gasteiger partial charge in [-0.1, -0.05) is 104 Å². The second kappa shape index (κ2) is 13.0. The van der Waals surface area contributed by atoms with Crippen molar-refractivity contribution in [2.45, 2.75) is 110 Å². The minimum Gasteiger partial charge on any atom is -0.453 e. The minimum atomic E-state index is 0.248. The molecular weight excluding hydrogens is 231 g/mol. The van der Waals surface area contributed by atoms with Gasteiger partial charge >= 0.3 is 0 Å². The first-order valence-corrected chi connectivity index (χ1v) is 8.85. The second-order valence-electron chi connectivity index (χ2n) is 6.38. The lowest BCUT2D eigenvalue weighted by Gasteiger charge is -2.31. The van der Waals surface area contributed by atoms with Gasteiger partial charge in [0.2, 0.25) is 0 Å². The third kappa shape index (κ3) is 9.54. The van der Waals surface area contributed by atoms with Crippen molar-refractivity contribution in [3.63, 3.8) is 0 Å². The first-order chi connectivity index (χ1) is 9.24. The van der Waals surface area contributed by atoms with E-state index in [4.69, 9.17) is 0 Å². The molecule has 0 aliphatic heterocycles. The standard InChI is InChI=1S/C17H37BO/c1-4-7-10-13-16-17(18-19,14-11-8-5-2)15-12-9-6-3/h18-19H,4-16H2,1-3H3. The summed E-state index contributed by atoms with van der Waals surface area (Å²) in [7, 11) is 0.409. The Kier molecular flexibility index (Phi) is 13.0. The maximum Gasteiger partial charge on any atom is 0.277 e. The van der Waals surface area contributed by atoms with Gasteiger partial charge < -0.3 is 5.02 Å². The molecule has 0 aliphatic carbocycles. The highest BCUT2D eigenvalue weighted by atomic mass is 16.2. The highest BCUT2D eigenvalue weighted by molar-refractivity contribution is 6.30. The number of hydrogen-bond acceptors (Lipinski definition) is 1. The normalized spacial score (nSPS) is 11.8. The van der Waals surface area contributed by atoms with Crippen LogP contribution in [-0.2, 0) is 0 Å². The van der Waals surface area contributed by atoms with Crippen molar-refractivity contribution in [1.29, 1.82) is 0 Å². The fourth-order valence-corrected chi connectivity index (χ4v) is 3.04. The van der Waals surface area contributed by atoms with Crippen LogP contribution in [0.5, 0.6) is 0 Å². The van der Waals surface area contributed by atoms with Crippen molar-refractivity contribution in [2.75, 3.05) is 0 Å². The molecular formula is C17H37BO. The van der Waals surface area contributed by atoms with Crippen LogP contribution < -0.4 is 0 Å². The van der Waals surface area contributed by atoms with Crippen LogP contribution in [0.1, 0.15) is 104 Å². The van der Waals surface area contributed by atoms with Gasteiger partial charge in [-0.05, 0) is 5.31 Å². The molecule has 0 spiro atoms. The quantitative estimate of drug-likeness (QED) is 0.320. The van der Waals surface area contributed by atoms with Crippen molar-refractivity contribution in [3.8, 4) is 0 Å². The molecule has 19 heavy (non-hydrogen) atoms. The summed E-state index contributed by atoms with van der Waals surface area (Å²) in [6.45, 7) is 6.79. The predicted molar refractivity (Wildman–Crippen MR) is 89.1 cm³/mol. The molecule has 0 aromatic heterocycles. The van der Waals surface area contributed by atoms with Crippen molar-refractivity contribution < 1.29 is 5.02 Å². The Labute approximate surface area is 122 Å². The van der Waals surface area contributed by atoms with Crippen LogP contribution >= 0.6 is 0 Å². The Balaban J connectivity index is 4.20. The molecule has 0 rings (SSSR count). The highest BCUT2D eigenvalue weighted by Gasteiger charge is 2.29. The lowest BCUT2D eigenvalue weighted by atomic mass is 9.56. The summed E-state index contributed by atoms with van der Waals surface area (Å²) in [6, 6.07) is 0. The predicted octanol–water partition coefficient (Wildman–Crippen LogP) is 5.62. The molecule has 0 saturated heterocycles. The summed E-state index contributed by atoms with van der Waals surface area (Å²) in [5.74, 6) is 0. The van der Waals surface area contributed by atoms with Gasteiger partial charge in [0.25, 0.3) is 7.48 Å². The fraction of sp³-hybridized carbons (Fsp3) is 1.00. The highest BCUT2D eigenvalue weighted by Crippen LogP contribution is 2.42. The maximum absolute atomic E-state index is 9.93. The van der Waals surface area contributed by atoms with Gasteiger partial charge in [0.05, 0.1) is 0 Å². The van der Waals surface area contributed by atoms with E-state index in [0.29, 0.717) is 7.48 Å².